The Labute approximate surface area is 221 Å². The summed E-state index contributed by atoms with van der Waals surface area (Å²) in [5, 5.41) is 2.04. The van der Waals surface area contributed by atoms with Crippen molar-refractivity contribution < 1.29 is 0 Å². The predicted molar refractivity (Wildman–Crippen MR) is 157 cm³/mol. The molecule has 2 heterocycles. The van der Waals surface area contributed by atoms with Gasteiger partial charge >= 0.3 is 0 Å². The summed E-state index contributed by atoms with van der Waals surface area (Å²) >= 11 is 0. The summed E-state index contributed by atoms with van der Waals surface area (Å²) in [6.07, 6.45) is 0. The van der Waals surface area contributed by atoms with E-state index in [-0.39, 0.29) is 0 Å². The zero-order chi connectivity index (χ0) is 25.3. The molecule has 0 aliphatic carbocycles. The molecule has 2 aromatic heterocycles. The van der Waals surface area contributed by atoms with Crippen LogP contribution in [0.15, 0.2) is 140 Å². The number of pyridine rings is 1. The summed E-state index contributed by atoms with van der Waals surface area (Å²) in [5.74, 6) is 0.697. The van der Waals surface area contributed by atoms with Crippen LogP contribution in [0.2, 0.25) is 0 Å². The van der Waals surface area contributed by atoms with Crippen molar-refractivity contribution in [3.8, 4) is 45.0 Å². The maximum atomic E-state index is 5.19. The van der Waals surface area contributed by atoms with Crippen LogP contribution >= 0.6 is 0 Å². The third-order valence-electron chi connectivity index (χ3n) is 6.87. The predicted octanol–water partition coefficient (Wildman–Crippen LogP) is 8.85. The Morgan fingerprint density at radius 1 is 0.368 bits per heavy atom. The van der Waals surface area contributed by atoms with Crippen LogP contribution in [-0.4, -0.2) is 15.0 Å². The molecule has 0 saturated heterocycles. The second-order valence-electron chi connectivity index (χ2n) is 9.30. The van der Waals surface area contributed by atoms with Crippen molar-refractivity contribution in [3.05, 3.63) is 140 Å². The van der Waals surface area contributed by atoms with Gasteiger partial charge in [-0.15, -0.1) is 0 Å². The highest BCUT2D eigenvalue weighted by Crippen LogP contribution is 2.34. The van der Waals surface area contributed by atoms with E-state index in [0.29, 0.717) is 5.82 Å². The van der Waals surface area contributed by atoms with Gasteiger partial charge in [-0.3, -0.25) is 0 Å². The zero-order valence-electron chi connectivity index (χ0n) is 20.6. The van der Waals surface area contributed by atoms with Crippen LogP contribution in [0.5, 0.6) is 0 Å². The molecule has 5 aromatic carbocycles. The third-order valence-corrected chi connectivity index (χ3v) is 6.87. The fourth-order valence-electron chi connectivity index (χ4n) is 4.96. The van der Waals surface area contributed by atoms with E-state index in [1.165, 1.54) is 11.1 Å². The molecule has 178 valence electrons. The summed E-state index contributed by atoms with van der Waals surface area (Å²) in [7, 11) is 0. The van der Waals surface area contributed by atoms with Crippen molar-refractivity contribution >= 4 is 21.8 Å². The Morgan fingerprint density at radius 2 is 0.974 bits per heavy atom. The molecule has 7 aromatic rings. The Morgan fingerprint density at radius 3 is 1.71 bits per heavy atom. The van der Waals surface area contributed by atoms with Crippen LogP contribution in [0.4, 0.5) is 0 Å². The second kappa shape index (κ2) is 9.38. The SMILES string of the molecule is c1ccc(-c2cccc(-c3ccc4ccc5c(-c6ccccc6)nc(-c6ccccc6)nc5c4n3)c2)cc1. The molecule has 7 rings (SSSR count). The van der Waals surface area contributed by atoms with Crippen molar-refractivity contribution in [2.75, 3.05) is 0 Å². The van der Waals surface area contributed by atoms with Gasteiger partial charge in [-0.1, -0.05) is 121 Å². The number of nitrogens with zero attached hydrogens (tertiary/aromatic N) is 3. The molecule has 0 spiro atoms. The maximum Gasteiger partial charge on any atom is 0.160 e. The lowest BCUT2D eigenvalue weighted by atomic mass is 10.0. The van der Waals surface area contributed by atoms with Gasteiger partial charge in [0.25, 0.3) is 0 Å². The summed E-state index contributed by atoms with van der Waals surface area (Å²) in [6, 6.07) is 47.9. The van der Waals surface area contributed by atoms with Gasteiger partial charge in [0, 0.05) is 27.5 Å². The first-order chi connectivity index (χ1) is 18.8. The van der Waals surface area contributed by atoms with Gasteiger partial charge in [0.05, 0.1) is 16.9 Å². The number of hydrogen-bond acceptors (Lipinski definition) is 3. The molecule has 0 aliphatic rings. The van der Waals surface area contributed by atoms with E-state index in [0.717, 1.165) is 49.9 Å². The average molecular weight is 486 g/mol. The molecule has 0 atom stereocenters. The first-order valence-electron chi connectivity index (χ1n) is 12.7. The molecule has 3 nitrogen and oxygen atoms in total. The molecule has 0 saturated carbocycles. The molecule has 0 bridgehead atoms. The largest absolute Gasteiger partial charge is 0.245 e. The minimum absolute atomic E-state index is 0.697. The molecule has 38 heavy (non-hydrogen) atoms. The number of rotatable bonds is 4. The Balaban J connectivity index is 1.47. The number of hydrogen-bond donors (Lipinski definition) is 0. The highest BCUT2D eigenvalue weighted by molar-refractivity contribution is 6.08. The van der Waals surface area contributed by atoms with E-state index in [1.54, 1.807) is 0 Å². The van der Waals surface area contributed by atoms with Crippen molar-refractivity contribution in [2.45, 2.75) is 0 Å². The van der Waals surface area contributed by atoms with Crippen molar-refractivity contribution in [3.63, 3.8) is 0 Å². The van der Waals surface area contributed by atoms with Crippen molar-refractivity contribution in [1.82, 2.24) is 15.0 Å². The number of benzene rings is 5. The second-order valence-corrected chi connectivity index (χ2v) is 9.30. The molecule has 0 N–H and O–H groups in total. The fraction of sp³-hybridized carbons (Fsp3) is 0. The maximum absolute atomic E-state index is 5.19. The minimum atomic E-state index is 0.697. The fourth-order valence-corrected chi connectivity index (χ4v) is 4.96. The topological polar surface area (TPSA) is 38.7 Å². The first-order valence-corrected chi connectivity index (χ1v) is 12.7. The van der Waals surface area contributed by atoms with Crippen LogP contribution < -0.4 is 0 Å². The average Bonchev–Trinajstić information content (AvgIpc) is 3.01. The molecule has 0 unspecified atom stereocenters. The van der Waals surface area contributed by atoms with Crippen molar-refractivity contribution in [1.29, 1.82) is 0 Å². The van der Waals surface area contributed by atoms with E-state index in [4.69, 9.17) is 15.0 Å². The van der Waals surface area contributed by atoms with Gasteiger partial charge < -0.3 is 0 Å². The summed E-state index contributed by atoms with van der Waals surface area (Å²) < 4.78 is 0. The van der Waals surface area contributed by atoms with Crippen LogP contribution in [0.3, 0.4) is 0 Å². The molecule has 0 fully saturated rings. The van der Waals surface area contributed by atoms with E-state index in [1.807, 2.05) is 42.5 Å². The molecule has 0 radical (unpaired) electrons. The minimum Gasteiger partial charge on any atom is -0.245 e. The van der Waals surface area contributed by atoms with E-state index in [9.17, 15) is 0 Å². The molecular formula is C35H23N3. The van der Waals surface area contributed by atoms with E-state index >= 15 is 0 Å². The van der Waals surface area contributed by atoms with Gasteiger partial charge in [-0.25, -0.2) is 15.0 Å². The van der Waals surface area contributed by atoms with Crippen LogP contribution in [0, 0.1) is 0 Å². The summed E-state index contributed by atoms with van der Waals surface area (Å²) in [5.41, 5.74) is 9.04. The lowest BCUT2D eigenvalue weighted by Gasteiger charge is -2.12. The van der Waals surface area contributed by atoms with Crippen molar-refractivity contribution in [2.24, 2.45) is 0 Å². The molecule has 3 heteroatoms. The van der Waals surface area contributed by atoms with Crippen LogP contribution in [-0.2, 0) is 0 Å². The summed E-state index contributed by atoms with van der Waals surface area (Å²) in [6.45, 7) is 0. The Kier molecular flexibility index (Phi) is 5.45. The Hall–Kier alpha value is -5.15. The normalized spacial score (nSPS) is 11.2. The first kappa shape index (κ1) is 22.1. The van der Waals surface area contributed by atoms with Gasteiger partial charge in [0.15, 0.2) is 5.82 Å². The highest BCUT2D eigenvalue weighted by atomic mass is 14.9. The summed E-state index contributed by atoms with van der Waals surface area (Å²) in [4.78, 5) is 15.3. The lowest BCUT2D eigenvalue weighted by Crippen LogP contribution is -1.97. The lowest BCUT2D eigenvalue weighted by molar-refractivity contribution is 1.23. The van der Waals surface area contributed by atoms with Crippen LogP contribution in [0.1, 0.15) is 0 Å². The van der Waals surface area contributed by atoms with Crippen LogP contribution in [0.25, 0.3) is 66.8 Å². The number of aromatic nitrogens is 3. The van der Waals surface area contributed by atoms with Gasteiger partial charge in [-0.05, 0) is 29.3 Å². The van der Waals surface area contributed by atoms with Gasteiger partial charge in [0.1, 0.15) is 5.52 Å². The van der Waals surface area contributed by atoms with Gasteiger partial charge in [0.2, 0.25) is 0 Å². The Bertz CT molecular complexity index is 1900. The molecule has 0 amide bonds. The molecular weight excluding hydrogens is 462 g/mol. The van der Waals surface area contributed by atoms with E-state index < -0.39 is 0 Å². The number of fused-ring (bicyclic) bond motifs is 3. The quantitative estimate of drug-likeness (QED) is 0.234. The third kappa shape index (κ3) is 4.00. The van der Waals surface area contributed by atoms with E-state index in [2.05, 4.69) is 97.1 Å². The monoisotopic (exact) mass is 485 g/mol. The standard InChI is InChI=1S/C35H23N3/c1-4-11-24(12-5-1)28-17-10-18-29(23-28)31-22-20-26-19-21-30-32(25-13-6-2-7-14-25)37-35(27-15-8-3-9-16-27)38-34(30)33(26)36-31/h1-23H. The van der Waals surface area contributed by atoms with Gasteiger partial charge in [-0.2, -0.15) is 0 Å². The molecule has 0 aliphatic heterocycles. The zero-order valence-corrected chi connectivity index (χ0v) is 20.6. The smallest absolute Gasteiger partial charge is 0.160 e. The highest BCUT2D eigenvalue weighted by Gasteiger charge is 2.15.